The van der Waals surface area contributed by atoms with Gasteiger partial charge in [-0.3, -0.25) is 14.9 Å². The molecule has 0 saturated heterocycles. The molecule has 0 aromatic carbocycles. The quantitative estimate of drug-likeness (QED) is 0.459. The lowest BCUT2D eigenvalue weighted by atomic mass is 10.2. The molecule has 0 saturated carbocycles. The van der Waals surface area contributed by atoms with Crippen molar-refractivity contribution in [3.63, 3.8) is 0 Å². The van der Waals surface area contributed by atoms with Crippen LogP contribution in [0.4, 0.5) is 11.6 Å². The number of esters is 1. The van der Waals surface area contributed by atoms with Crippen LogP contribution in [0.2, 0.25) is 0 Å². The topological polar surface area (TPSA) is 107 Å². The van der Waals surface area contributed by atoms with Crippen LogP contribution in [-0.4, -0.2) is 34.0 Å². The van der Waals surface area contributed by atoms with Crippen molar-refractivity contribution >= 4 is 17.6 Å². The van der Waals surface area contributed by atoms with Crippen molar-refractivity contribution in [1.82, 2.24) is 9.97 Å². The van der Waals surface area contributed by atoms with Gasteiger partial charge >= 0.3 is 11.7 Å². The van der Waals surface area contributed by atoms with Crippen molar-refractivity contribution < 1.29 is 14.5 Å². The van der Waals surface area contributed by atoms with Gasteiger partial charge in [0.25, 0.3) is 0 Å². The fourth-order valence-corrected chi connectivity index (χ4v) is 1.09. The SMILES string of the molecule is COC(=O)CC(C)Nc1ncc([N+](=O)[O-])cn1. The summed E-state index contributed by atoms with van der Waals surface area (Å²) in [5, 5.41) is 13.2. The molecule has 0 spiro atoms. The van der Waals surface area contributed by atoms with E-state index in [-0.39, 0.29) is 30.1 Å². The third kappa shape index (κ3) is 4.01. The van der Waals surface area contributed by atoms with Gasteiger partial charge in [0.1, 0.15) is 12.4 Å². The number of ether oxygens (including phenoxy) is 1. The van der Waals surface area contributed by atoms with Crippen molar-refractivity contribution in [3.05, 3.63) is 22.5 Å². The lowest BCUT2D eigenvalue weighted by Gasteiger charge is -2.11. The monoisotopic (exact) mass is 240 g/mol. The summed E-state index contributed by atoms with van der Waals surface area (Å²) in [7, 11) is 1.30. The van der Waals surface area contributed by atoms with Crippen LogP contribution in [-0.2, 0) is 9.53 Å². The first-order chi connectivity index (χ1) is 8.02. The van der Waals surface area contributed by atoms with Gasteiger partial charge in [0.05, 0.1) is 18.5 Å². The molecule has 1 N–H and O–H groups in total. The smallest absolute Gasteiger partial charge is 0.307 e. The summed E-state index contributed by atoms with van der Waals surface area (Å²) in [5.74, 6) is -0.126. The number of hydrogen-bond donors (Lipinski definition) is 1. The molecule has 0 aliphatic carbocycles. The number of nitro groups is 1. The molecule has 1 aromatic heterocycles. The molecule has 8 nitrogen and oxygen atoms in total. The van der Waals surface area contributed by atoms with Crippen LogP contribution < -0.4 is 5.32 Å². The van der Waals surface area contributed by atoms with E-state index in [4.69, 9.17) is 0 Å². The Morgan fingerprint density at radius 3 is 2.65 bits per heavy atom. The second-order valence-corrected chi connectivity index (χ2v) is 3.35. The van der Waals surface area contributed by atoms with Gasteiger partial charge in [-0.2, -0.15) is 0 Å². The second-order valence-electron chi connectivity index (χ2n) is 3.35. The van der Waals surface area contributed by atoms with Crippen LogP contribution in [0.3, 0.4) is 0 Å². The maximum absolute atomic E-state index is 11.0. The van der Waals surface area contributed by atoms with Crippen LogP contribution in [0, 0.1) is 10.1 Å². The number of nitrogens with one attached hydrogen (secondary N) is 1. The standard InChI is InChI=1S/C9H12N4O4/c1-6(3-8(14)17-2)12-9-10-4-7(5-11-9)13(15)16/h4-6H,3H2,1-2H3,(H,10,11,12). The highest BCUT2D eigenvalue weighted by atomic mass is 16.6. The first-order valence-electron chi connectivity index (χ1n) is 4.82. The van der Waals surface area contributed by atoms with Crippen LogP contribution >= 0.6 is 0 Å². The fraction of sp³-hybridized carbons (Fsp3) is 0.444. The van der Waals surface area contributed by atoms with Crippen molar-refractivity contribution in [1.29, 1.82) is 0 Å². The molecular formula is C9H12N4O4. The third-order valence-electron chi connectivity index (χ3n) is 1.93. The summed E-state index contributed by atoms with van der Waals surface area (Å²) >= 11 is 0. The Kier molecular flexibility index (Phi) is 4.32. The molecule has 1 aromatic rings. The van der Waals surface area contributed by atoms with Gasteiger partial charge in [-0.15, -0.1) is 0 Å². The highest BCUT2D eigenvalue weighted by molar-refractivity contribution is 5.70. The Morgan fingerprint density at radius 1 is 1.59 bits per heavy atom. The Bertz CT molecular complexity index is 406. The maximum atomic E-state index is 11.0. The Labute approximate surface area is 97.2 Å². The second kappa shape index (κ2) is 5.73. The van der Waals surface area contributed by atoms with Gasteiger partial charge in [0.2, 0.25) is 5.95 Å². The number of methoxy groups -OCH3 is 1. The summed E-state index contributed by atoms with van der Waals surface area (Å²) in [6.45, 7) is 1.75. The number of carbonyl (C=O) groups excluding carboxylic acids is 1. The molecule has 8 heteroatoms. The van der Waals surface area contributed by atoms with Crippen LogP contribution in [0.1, 0.15) is 13.3 Å². The Balaban J connectivity index is 2.57. The number of nitrogens with zero attached hydrogens (tertiary/aromatic N) is 3. The van der Waals surface area contributed by atoms with Gasteiger partial charge in [-0.1, -0.05) is 0 Å². The molecule has 0 bridgehead atoms. The molecule has 17 heavy (non-hydrogen) atoms. The molecular weight excluding hydrogens is 228 g/mol. The number of carbonyl (C=O) groups is 1. The summed E-state index contributed by atoms with van der Waals surface area (Å²) in [5.41, 5.74) is -0.184. The predicted molar refractivity (Wildman–Crippen MR) is 58.4 cm³/mol. The summed E-state index contributed by atoms with van der Waals surface area (Å²) in [6.07, 6.45) is 2.36. The van der Waals surface area contributed by atoms with E-state index >= 15 is 0 Å². The molecule has 0 radical (unpaired) electrons. The van der Waals surface area contributed by atoms with Crippen molar-refractivity contribution in [2.45, 2.75) is 19.4 Å². The molecule has 0 aliphatic heterocycles. The number of aromatic nitrogens is 2. The van der Waals surface area contributed by atoms with Crippen LogP contribution in [0.5, 0.6) is 0 Å². The van der Waals surface area contributed by atoms with Crippen molar-refractivity contribution in [3.8, 4) is 0 Å². The van der Waals surface area contributed by atoms with Gasteiger partial charge in [-0.05, 0) is 6.92 Å². The van der Waals surface area contributed by atoms with Gasteiger partial charge in [0, 0.05) is 6.04 Å². The van der Waals surface area contributed by atoms with E-state index in [0.717, 1.165) is 12.4 Å². The number of rotatable bonds is 5. The summed E-state index contributed by atoms with van der Waals surface area (Å²) < 4.78 is 4.50. The van der Waals surface area contributed by atoms with E-state index in [9.17, 15) is 14.9 Å². The third-order valence-corrected chi connectivity index (χ3v) is 1.93. The van der Waals surface area contributed by atoms with Gasteiger partial charge < -0.3 is 10.1 Å². The minimum absolute atomic E-state index is 0.164. The number of hydrogen-bond acceptors (Lipinski definition) is 7. The Hall–Kier alpha value is -2.25. The lowest BCUT2D eigenvalue weighted by molar-refractivity contribution is -0.385. The summed E-state index contributed by atoms with van der Waals surface area (Å²) in [6, 6.07) is -0.219. The highest BCUT2D eigenvalue weighted by Crippen LogP contribution is 2.09. The van der Waals surface area contributed by atoms with E-state index in [1.54, 1.807) is 6.92 Å². The minimum Gasteiger partial charge on any atom is -0.469 e. The number of anilines is 1. The summed E-state index contributed by atoms with van der Waals surface area (Å²) in [4.78, 5) is 28.3. The van der Waals surface area contributed by atoms with Crippen LogP contribution in [0.25, 0.3) is 0 Å². The minimum atomic E-state index is -0.582. The van der Waals surface area contributed by atoms with Gasteiger partial charge in [0.15, 0.2) is 0 Å². The van der Waals surface area contributed by atoms with Crippen molar-refractivity contribution in [2.24, 2.45) is 0 Å². The molecule has 0 aliphatic rings. The normalized spacial score (nSPS) is 11.6. The van der Waals surface area contributed by atoms with E-state index in [0.29, 0.717) is 0 Å². The van der Waals surface area contributed by atoms with Gasteiger partial charge in [-0.25, -0.2) is 9.97 Å². The van der Waals surface area contributed by atoms with E-state index in [2.05, 4.69) is 20.0 Å². The first-order valence-corrected chi connectivity index (χ1v) is 4.82. The largest absolute Gasteiger partial charge is 0.469 e. The lowest BCUT2D eigenvalue weighted by Crippen LogP contribution is -2.21. The maximum Gasteiger partial charge on any atom is 0.307 e. The fourth-order valence-electron chi connectivity index (χ4n) is 1.09. The van der Waals surface area contributed by atoms with Crippen LogP contribution in [0.15, 0.2) is 12.4 Å². The zero-order valence-corrected chi connectivity index (χ0v) is 9.41. The molecule has 1 unspecified atom stereocenters. The molecule has 0 amide bonds. The molecule has 1 atom stereocenters. The molecule has 1 rings (SSSR count). The first kappa shape index (κ1) is 12.8. The highest BCUT2D eigenvalue weighted by Gasteiger charge is 2.11. The molecule has 92 valence electrons. The molecule has 1 heterocycles. The van der Waals surface area contributed by atoms with E-state index in [1.807, 2.05) is 0 Å². The van der Waals surface area contributed by atoms with E-state index in [1.165, 1.54) is 7.11 Å². The zero-order chi connectivity index (χ0) is 12.8. The zero-order valence-electron chi connectivity index (χ0n) is 9.41. The average Bonchev–Trinajstić information content (AvgIpc) is 2.29. The predicted octanol–water partition coefficient (Wildman–Crippen LogP) is 0.748. The molecule has 0 fully saturated rings. The van der Waals surface area contributed by atoms with E-state index < -0.39 is 4.92 Å². The van der Waals surface area contributed by atoms with Crippen molar-refractivity contribution in [2.75, 3.05) is 12.4 Å². The average molecular weight is 240 g/mol. The Morgan fingerprint density at radius 2 is 2.18 bits per heavy atom.